The molecule has 0 fully saturated rings. The Morgan fingerprint density at radius 3 is 2.57 bits per heavy atom. The molecule has 2 aromatic heterocycles. The Bertz CT molecular complexity index is 671. The van der Waals surface area contributed by atoms with E-state index >= 15 is 0 Å². The topological polar surface area (TPSA) is 80.1 Å². The molecule has 2 amide bonds. The monoisotopic (exact) mass is 315 g/mol. The van der Waals surface area contributed by atoms with Crippen molar-refractivity contribution in [1.29, 1.82) is 0 Å². The van der Waals surface area contributed by atoms with Crippen LogP contribution in [0.3, 0.4) is 0 Å². The van der Waals surface area contributed by atoms with Gasteiger partial charge < -0.3 is 10.2 Å². The number of carbonyl (C=O) groups is 2. The first-order valence-electron chi connectivity index (χ1n) is 7.27. The average Bonchev–Trinajstić information content (AvgIpc) is 2.98. The van der Waals surface area contributed by atoms with E-state index in [0.717, 1.165) is 0 Å². The van der Waals surface area contributed by atoms with Gasteiger partial charge in [-0.1, -0.05) is 0 Å². The predicted octanol–water partition coefficient (Wildman–Crippen LogP) is 1.25. The van der Waals surface area contributed by atoms with E-state index in [4.69, 9.17) is 0 Å². The molecule has 0 aliphatic heterocycles. The van der Waals surface area contributed by atoms with Gasteiger partial charge in [-0.2, -0.15) is 0 Å². The van der Waals surface area contributed by atoms with Crippen LogP contribution in [0.15, 0.2) is 37.1 Å². The molecule has 0 aliphatic carbocycles. The predicted molar refractivity (Wildman–Crippen MR) is 86.2 cm³/mol. The third-order valence-electron chi connectivity index (χ3n) is 3.01. The highest BCUT2D eigenvalue weighted by Gasteiger charge is 2.19. The van der Waals surface area contributed by atoms with Crippen LogP contribution in [-0.2, 0) is 4.79 Å². The summed E-state index contributed by atoms with van der Waals surface area (Å²) in [4.78, 5) is 33.8. The zero-order chi connectivity index (χ0) is 17.0. The largest absolute Gasteiger partial charge is 0.350 e. The molecular weight excluding hydrogens is 294 g/mol. The highest BCUT2D eigenvalue weighted by molar-refractivity contribution is 5.96. The van der Waals surface area contributed by atoms with Gasteiger partial charge in [-0.05, 0) is 32.9 Å². The van der Waals surface area contributed by atoms with E-state index in [1.807, 2.05) is 20.8 Å². The van der Waals surface area contributed by atoms with E-state index in [2.05, 4.69) is 15.3 Å². The number of amides is 2. The summed E-state index contributed by atoms with van der Waals surface area (Å²) in [5.41, 5.74) is 0.106. The molecule has 2 heterocycles. The fourth-order valence-corrected chi connectivity index (χ4v) is 2.03. The molecule has 23 heavy (non-hydrogen) atoms. The third-order valence-corrected chi connectivity index (χ3v) is 3.01. The Morgan fingerprint density at radius 1 is 1.30 bits per heavy atom. The van der Waals surface area contributed by atoms with E-state index in [0.29, 0.717) is 11.4 Å². The van der Waals surface area contributed by atoms with Crippen LogP contribution in [0.1, 0.15) is 31.1 Å². The molecule has 0 aromatic carbocycles. The van der Waals surface area contributed by atoms with Crippen molar-refractivity contribution >= 4 is 11.8 Å². The maximum atomic E-state index is 12.3. The van der Waals surface area contributed by atoms with Gasteiger partial charge in [-0.25, -0.2) is 9.97 Å². The van der Waals surface area contributed by atoms with Crippen LogP contribution in [0.5, 0.6) is 0 Å². The molecule has 1 N–H and O–H groups in total. The van der Waals surface area contributed by atoms with Gasteiger partial charge >= 0.3 is 0 Å². The van der Waals surface area contributed by atoms with Gasteiger partial charge in [0.15, 0.2) is 0 Å². The van der Waals surface area contributed by atoms with Crippen molar-refractivity contribution in [3.05, 3.63) is 42.6 Å². The summed E-state index contributed by atoms with van der Waals surface area (Å²) >= 11 is 0. The molecule has 0 radical (unpaired) electrons. The maximum absolute atomic E-state index is 12.3. The van der Waals surface area contributed by atoms with Crippen molar-refractivity contribution in [3.63, 3.8) is 0 Å². The van der Waals surface area contributed by atoms with E-state index in [1.54, 1.807) is 42.5 Å². The molecular formula is C16H21N5O2. The van der Waals surface area contributed by atoms with Crippen LogP contribution in [0, 0.1) is 0 Å². The minimum atomic E-state index is -0.324. The van der Waals surface area contributed by atoms with Crippen molar-refractivity contribution in [2.75, 3.05) is 13.6 Å². The summed E-state index contributed by atoms with van der Waals surface area (Å²) in [6, 6.07) is 3.42. The Labute approximate surface area is 135 Å². The highest BCUT2D eigenvalue weighted by Crippen LogP contribution is 2.07. The van der Waals surface area contributed by atoms with Gasteiger partial charge in [-0.15, -0.1) is 0 Å². The molecule has 0 saturated heterocycles. The first-order valence-corrected chi connectivity index (χ1v) is 7.27. The summed E-state index contributed by atoms with van der Waals surface area (Å²) in [6.07, 6.45) is 6.55. The lowest BCUT2D eigenvalue weighted by atomic mass is 10.1. The first kappa shape index (κ1) is 16.7. The van der Waals surface area contributed by atoms with Gasteiger partial charge in [0.1, 0.15) is 12.1 Å². The molecule has 2 aromatic rings. The molecule has 0 unspecified atom stereocenters. The van der Waals surface area contributed by atoms with Crippen LogP contribution in [0.25, 0.3) is 5.82 Å². The molecule has 0 bridgehead atoms. The van der Waals surface area contributed by atoms with Crippen LogP contribution in [0.4, 0.5) is 0 Å². The number of hydrogen-bond donors (Lipinski definition) is 1. The van der Waals surface area contributed by atoms with Crippen molar-refractivity contribution in [1.82, 2.24) is 24.8 Å². The van der Waals surface area contributed by atoms with Gasteiger partial charge in [0.25, 0.3) is 5.91 Å². The lowest BCUT2D eigenvalue weighted by Gasteiger charge is -2.23. The lowest BCUT2D eigenvalue weighted by molar-refractivity contribution is -0.122. The SMILES string of the molecule is CN(CC(=O)NC(C)(C)C)C(=O)c1ccc(-n2ccnc2)nc1. The van der Waals surface area contributed by atoms with Crippen LogP contribution in [-0.4, -0.2) is 50.4 Å². The fraction of sp³-hybridized carbons (Fsp3) is 0.375. The average molecular weight is 315 g/mol. The molecule has 7 nitrogen and oxygen atoms in total. The molecule has 7 heteroatoms. The van der Waals surface area contributed by atoms with Crippen molar-refractivity contribution in [3.8, 4) is 5.82 Å². The molecule has 0 atom stereocenters. The summed E-state index contributed by atoms with van der Waals surface area (Å²) in [5.74, 6) is 0.224. The lowest BCUT2D eigenvalue weighted by Crippen LogP contribution is -2.46. The first-order chi connectivity index (χ1) is 10.8. The van der Waals surface area contributed by atoms with Crippen LogP contribution in [0.2, 0.25) is 0 Å². The summed E-state index contributed by atoms with van der Waals surface area (Å²) in [6.45, 7) is 5.68. The number of pyridine rings is 1. The zero-order valence-electron chi connectivity index (χ0n) is 13.8. The smallest absolute Gasteiger partial charge is 0.255 e. The van der Waals surface area contributed by atoms with Gasteiger partial charge in [0.05, 0.1) is 12.1 Å². The van der Waals surface area contributed by atoms with Gasteiger partial charge in [0.2, 0.25) is 5.91 Å². The van der Waals surface area contributed by atoms with Crippen molar-refractivity contribution < 1.29 is 9.59 Å². The van der Waals surface area contributed by atoms with E-state index in [9.17, 15) is 9.59 Å². The molecule has 0 aliphatic rings. The second kappa shape index (κ2) is 6.60. The number of imidazole rings is 1. The third kappa shape index (κ3) is 4.64. The van der Waals surface area contributed by atoms with E-state index < -0.39 is 0 Å². The zero-order valence-corrected chi connectivity index (χ0v) is 13.8. The van der Waals surface area contributed by atoms with E-state index in [1.165, 1.54) is 11.1 Å². The molecule has 0 saturated carbocycles. The molecule has 122 valence electrons. The number of rotatable bonds is 4. The van der Waals surface area contributed by atoms with Crippen molar-refractivity contribution in [2.24, 2.45) is 0 Å². The van der Waals surface area contributed by atoms with Crippen LogP contribution < -0.4 is 5.32 Å². The standard InChI is InChI=1S/C16H21N5O2/c1-16(2,3)19-14(22)10-20(4)15(23)12-5-6-13(18-9-12)21-8-7-17-11-21/h5-9,11H,10H2,1-4H3,(H,19,22). The Kier molecular flexibility index (Phi) is 4.78. The van der Waals surface area contributed by atoms with Crippen LogP contribution >= 0.6 is 0 Å². The second-order valence-electron chi connectivity index (χ2n) is 6.33. The Morgan fingerprint density at radius 2 is 2.04 bits per heavy atom. The summed E-state index contributed by atoms with van der Waals surface area (Å²) in [7, 11) is 1.59. The quantitative estimate of drug-likeness (QED) is 0.921. The summed E-state index contributed by atoms with van der Waals surface area (Å²) < 4.78 is 1.74. The number of hydrogen-bond acceptors (Lipinski definition) is 4. The highest BCUT2D eigenvalue weighted by atomic mass is 16.2. The number of carbonyl (C=O) groups excluding carboxylic acids is 2. The second-order valence-corrected chi connectivity index (χ2v) is 6.33. The summed E-state index contributed by atoms with van der Waals surface area (Å²) in [5, 5.41) is 2.83. The number of aromatic nitrogens is 3. The normalized spacial score (nSPS) is 11.1. The fourth-order valence-electron chi connectivity index (χ4n) is 2.03. The molecule has 2 rings (SSSR count). The number of nitrogens with zero attached hydrogens (tertiary/aromatic N) is 4. The van der Waals surface area contributed by atoms with Gasteiger partial charge in [0, 0.05) is 31.2 Å². The van der Waals surface area contributed by atoms with E-state index in [-0.39, 0.29) is 23.9 Å². The Balaban J connectivity index is 2.01. The minimum absolute atomic E-state index is 0.000620. The minimum Gasteiger partial charge on any atom is -0.350 e. The van der Waals surface area contributed by atoms with Crippen molar-refractivity contribution in [2.45, 2.75) is 26.3 Å². The maximum Gasteiger partial charge on any atom is 0.255 e. The number of nitrogens with one attached hydrogen (secondary N) is 1. The molecule has 0 spiro atoms. The Hall–Kier alpha value is -2.70. The number of likely N-dealkylation sites (N-methyl/N-ethyl adjacent to an activating group) is 1. The van der Waals surface area contributed by atoms with Gasteiger partial charge in [-0.3, -0.25) is 14.2 Å².